The minimum Gasteiger partial charge on any atom is -0.340 e. The fourth-order valence-corrected chi connectivity index (χ4v) is 3.96. The lowest BCUT2D eigenvalue weighted by Gasteiger charge is -2.40. The molecule has 0 N–H and O–H groups in total. The second-order valence-corrected chi connectivity index (χ2v) is 6.94. The number of pyridine rings is 1. The molecule has 0 radical (unpaired) electrons. The summed E-state index contributed by atoms with van der Waals surface area (Å²) in [6.45, 7) is 3.15. The third kappa shape index (κ3) is 3.18. The van der Waals surface area contributed by atoms with Crippen molar-refractivity contribution in [1.82, 2.24) is 19.9 Å². The topological polar surface area (TPSA) is 62.2 Å². The first-order chi connectivity index (χ1) is 12.2. The van der Waals surface area contributed by atoms with Gasteiger partial charge in [-0.1, -0.05) is 0 Å². The van der Waals surface area contributed by atoms with Gasteiger partial charge in [-0.15, -0.1) is 0 Å². The van der Waals surface area contributed by atoms with Crippen LogP contribution in [0.1, 0.15) is 29.6 Å². The van der Waals surface area contributed by atoms with E-state index >= 15 is 0 Å². The molecule has 2 aliphatic heterocycles. The standard InChI is InChI=1S/C18H20FN5O/c19-15-10-21-17(22-11-15)24-8-5-18(13-24)4-2-7-23(12-18)16(25)14-3-1-6-20-9-14/h1,3,6,9-11H,2,4-5,7-8,12-13H2. The van der Waals surface area contributed by atoms with Crippen molar-refractivity contribution >= 4 is 11.9 Å². The first-order valence-electron chi connectivity index (χ1n) is 8.57. The number of nitrogens with zero attached hydrogens (tertiary/aromatic N) is 5. The maximum absolute atomic E-state index is 13.0. The highest BCUT2D eigenvalue weighted by molar-refractivity contribution is 5.94. The third-order valence-corrected chi connectivity index (χ3v) is 5.18. The maximum atomic E-state index is 13.0. The zero-order chi connectivity index (χ0) is 17.3. The normalized spacial score (nSPS) is 23.2. The Hall–Kier alpha value is -2.57. The van der Waals surface area contributed by atoms with Crippen molar-refractivity contribution in [1.29, 1.82) is 0 Å². The van der Waals surface area contributed by atoms with Crippen LogP contribution in [0.4, 0.5) is 10.3 Å². The van der Waals surface area contributed by atoms with Crippen LogP contribution < -0.4 is 4.90 Å². The first kappa shape index (κ1) is 15.9. The van der Waals surface area contributed by atoms with E-state index in [9.17, 15) is 9.18 Å². The summed E-state index contributed by atoms with van der Waals surface area (Å²) in [5, 5.41) is 0. The van der Waals surface area contributed by atoms with Crippen molar-refractivity contribution in [2.45, 2.75) is 19.3 Å². The van der Waals surface area contributed by atoms with Gasteiger partial charge in [0.1, 0.15) is 0 Å². The molecule has 2 fully saturated rings. The number of hydrogen-bond acceptors (Lipinski definition) is 5. The molecule has 7 heteroatoms. The van der Waals surface area contributed by atoms with Crippen molar-refractivity contribution in [3.8, 4) is 0 Å². The second kappa shape index (κ2) is 6.38. The Labute approximate surface area is 145 Å². The molecule has 0 aromatic carbocycles. The van der Waals surface area contributed by atoms with Crippen LogP contribution in [-0.4, -0.2) is 51.9 Å². The van der Waals surface area contributed by atoms with E-state index in [2.05, 4.69) is 19.9 Å². The number of piperidine rings is 1. The van der Waals surface area contributed by atoms with E-state index < -0.39 is 5.82 Å². The molecule has 2 saturated heterocycles. The van der Waals surface area contributed by atoms with Gasteiger partial charge in [0.15, 0.2) is 5.82 Å². The number of anilines is 1. The lowest BCUT2D eigenvalue weighted by molar-refractivity contribution is 0.0556. The minimum absolute atomic E-state index is 0.0451. The summed E-state index contributed by atoms with van der Waals surface area (Å²) < 4.78 is 13.0. The van der Waals surface area contributed by atoms with E-state index in [0.29, 0.717) is 11.5 Å². The molecule has 4 rings (SSSR count). The smallest absolute Gasteiger partial charge is 0.255 e. The summed E-state index contributed by atoms with van der Waals surface area (Å²) in [5.74, 6) is 0.182. The molecule has 1 amide bonds. The Kier molecular flexibility index (Phi) is 4.07. The van der Waals surface area contributed by atoms with Gasteiger partial charge in [-0.2, -0.15) is 0 Å². The van der Waals surface area contributed by atoms with Crippen LogP contribution in [-0.2, 0) is 0 Å². The van der Waals surface area contributed by atoms with E-state index in [0.717, 1.165) is 45.4 Å². The molecule has 0 saturated carbocycles. The van der Waals surface area contributed by atoms with E-state index in [1.807, 2.05) is 11.0 Å². The van der Waals surface area contributed by atoms with Gasteiger partial charge in [-0.25, -0.2) is 14.4 Å². The number of carbonyl (C=O) groups is 1. The predicted molar refractivity (Wildman–Crippen MR) is 90.6 cm³/mol. The molecule has 2 aromatic heterocycles. The van der Waals surface area contributed by atoms with Crippen LogP contribution >= 0.6 is 0 Å². The quantitative estimate of drug-likeness (QED) is 0.837. The average molecular weight is 341 g/mol. The van der Waals surface area contributed by atoms with Crippen molar-refractivity contribution in [2.75, 3.05) is 31.1 Å². The fourth-order valence-electron chi connectivity index (χ4n) is 3.96. The van der Waals surface area contributed by atoms with Gasteiger partial charge in [0.2, 0.25) is 5.95 Å². The van der Waals surface area contributed by atoms with Gasteiger partial charge in [-0.05, 0) is 31.4 Å². The summed E-state index contributed by atoms with van der Waals surface area (Å²) in [6, 6.07) is 3.60. The molecule has 130 valence electrons. The van der Waals surface area contributed by atoms with E-state index in [4.69, 9.17) is 0 Å². The SMILES string of the molecule is O=C(c1cccnc1)N1CCCC2(CCN(c3ncc(F)cn3)C2)C1. The van der Waals surface area contributed by atoms with Gasteiger partial charge in [0, 0.05) is 44.0 Å². The highest BCUT2D eigenvalue weighted by Gasteiger charge is 2.43. The van der Waals surface area contributed by atoms with Gasteiger partial charge in [0.25, 0.3) is 5.91 Å². The van der Waals surface area contributed by atoms with Crippen molar-refractivity contribution in [3.05, 3.63) is 48.3 Å². The van der Waals surface area contributed by atoms with Gasteiger partial charge in [0.05, 0.1) is 18.0 Å². The maximum Gasteiger partial charge on any atom is 0.255 e. The molecular formula is C18H20FN5O. The van der Waals surface area contributed by atoms with E-state index in [1.54, 1.807) is 18.5 Å². The number of likely N-dealkylation sites (tertiary alicyclic amines) is 1. The Morgan fingerprint density at radius 2 is 1.96 bits per heavy atom. The largest absolute Gasteiger partial charge is 0.340 e. The number of amides is 1. The molecule has 1 spiro atoms. The fraction of sp³-hybridized carbons (Fsp3) is 0.444. The highest BCUT2D eigenvalue weighted by atomic mass is 19.1. The van der Waals surface area contributed by atoms with Crippen LogP contribution in [0, 0.1) is 11.2 Å². The van der Waals surface area contributed by atoms with E-state index in [1.165, 1.54) is 12.4 Å². The summed E-state index contributed by atoms with van der Waals surface area (Å²) in [6.07, 6.45) is 8.76. The number of hydrogen-bond donors (Lipinski definition) is 0. The monoisotopic (exact) mass is 341 g/mol. The highest BCUT2D eigenvalue weighted by Crippen LogP contribution is 2.40. The van der Waals surface area contributed by atoms with Crippen molar-refractivity contribution in [2.24, 2.45) is 5.41 Å². The van der Waals surface area contributed by atoms with Gasteiger partial charge >= 0.3 is 0 Å². The van der Waals surface area contributed by atoms with Crippen LogP contribution in [0.5, 0.6) is 0 Å². The van der Waals surface area contributed by atoms with Gasteiger partial charge in [-0.3, -0.25) is 9.78 Å². The van der Waals surface area contributed by atoms with E-state index in [-0.39, 0.29) is 11.3 Å². The summed E-state index contributed by atoms with van der Waals surface area (Å²) >= 11 is 0. The first-order valence-corrected chi connectivity index (χ1v) is 8.57. The molecule has 6 nitrogen and oxygen atoms in total. The Balaban J connectivity index is 1.47. The molecule has 0 bridgehead atoms. The Bertz CT molecular complexity index is 754. The summed E-state index contributed by atoms with van der Waals surface area (Å²) in [7, 11) is 0. The number of carbonyl (C=O) groups excluding carboxylic acids is 1. The Morgan fingerprint density at radius 1 is 1.12 bits per heavy atom. The predicted octanol–water partition coefficient (Wildman–Crippen LogP) is 2.14. The van der Waals surface area contributed by atoms with Gasteiger partial charge < -0.3 is 9.80 Å². The third-order valence-electron chi connectivity index (χ3n) is 5.18. The van der Waals surface area contributed by atoms with Crippen molar-refractivity contribution < 1.29 is 9.18 Å². The Morgan fingerprint density at radius 3 is 2.72 bits per heavy atom. The minimum atomic E-state index is -0.427. The zero-order valence-electron chi connectivity index (χ0n) is 13.9. The second-order valence-electron chi connectivity index (χ2n) is 6.94. The molecule has 2 aliphatic rings. The molecule has 25 heavy (non-hydrogen) atoms. The lowest BCUT2D eigenvalue weighted by atomic mass is 9.79. The summed E-state index contributed by atoms with van der Waals surface area (Å²) in [5.41, 5.74) is 0.699. The zero-order valence-corrected chi connectivity index (χ0v) is 13.9. The number of rotatable bonds is 2. The van der Waals surface area contributed by atoms with Crippen LogP contribution in [0.2, 0.25) is 0 Å². The van der Waals surface area contributed by atoms with Crippen LogP contribution in [0.25, 0.3) is 0 Å². The molecule has 2 aromatic rings. The molecule has 4 heterocycles. The van der Waals surface area contributed by atoms with Crippen molar-refractivity contribution in [3.63, 3.8) is 0 Å². The van der Waals surface area contributed by atoms with Crippen LogP contribution in [0.15, 0.2) is 36.9 Å². The molecular weight excluding hydrogens is 321 g/mol. The molecule has 0 aliphatic carbocycles. The lowest BCUT2D eigenvalue weighted by Crippen LogP contribution is -2.47. The molecule has 1 unspecified atom stereocenters. The van der Waals surface area contributed by atoms with Crippen LogP contribution in [0.3, 0.4) is 0 Å². The molecule has 1 atom stereocenters. The number of aromatic nitrogens is 3. The number of halogens is 1. The average Bonchev–Trinajstić information content (AvgIpc) is 3.05. The summed E-state index contributed by atoms with van der Waals surface area (Å²) in [4.78, 5) is 29.0.